The molecule has 0 saturated heterocycles. The Morgan fingerprint density at radius 2 is 1.83 bits per heavy atom. The van der Waals surface area contributed by atoms with Gasteiger partial charge in [0.05, 0.1) is 10.6 Å². The van der Waals surface area contributed by atoms with Gasteiger partial charge in [-0.2, -0.15) is 0 Å². The van der Waals surface area contributed by atoms with Gasteiger partial charge in [0.2, 0.25) is 0 Å². The molecule has 0 heterocycles. The fraction of sp³-hybridized carbons (Fsp3) is 0.308. The minimum absolute atomic E-state index is 0.0851. The summed E-state index contributed by atoms with van der Waals surface area (Å²) in [7, 11) is -3.59. The lowest BCUT2D eigenvalue weighted by Crippen LogP contribution is -2.14. The van der Waals surface area contributed by atoms with Crippen LogP contribution in [0.1, 0.15) is 18.9 Å². The molecule has 5 heteroatoms. The molecule has 1 rings (SSSR count). The minimum Gasteiger partial charge on any atom is -0.478 e. The van der Waals surface area contributed by atoms with Gasteiger partial charge in [-0.05, 0) is 25.5 Å². The smallest absolute Gasteiger partial charge is 0.332 e. The van der Waals surface area contributed by atoms with Crippen LogP contribution in [0.3, 0.4) is 0 Å². The Hall–Kier alpha value is -1.62. The number of carboxylic acids is 1. The molecule has 4 nitrogen and oxygen atoms in total. The van der Waals surface area contributed by atoms with Gasteiger partial charge in [0.25, 0.3) is 0 Å². The third-order valence-corrected chi connectivity index (χ3v) is 4.13. The van der Waals surface area contributed by atoms with Crippen molar-refractivity contribution in [1.82, 2.24) is 0 Å². The first-order chi connectivity index (χ1) is 8.36. The summed E-state index contributed by atoms with van der Waals surface area (Å²) in [6.45, 7) is 3.62. The predicted molar refractivity (Wildman–Crippen MR) is 69.2 cm³/mol. The van der Waals surface area contributed by atoms with Gasteiger partial charge in [0, 0.05) is 5.57 Å². The molecule has 1 N–H and O–H groups in total. The molecule has 0 radical (unpaired) electrons. The molecule has 0 aromatic heterocycles. The van der Waals surface area contributed by atoms with Crippen molar-refractivity contribution in [2.24, 2.45) is 0 Å². The lowest BCUT2D eigenvalue weighted by Gasteiger charge is -2.05. The number of allylic oxidation sites excluding steroid dienone is 1. The van der Waals surface area contributed by atoms with E-state index in [1.807, 2.05) is 6.92 Å². The van der Waals surface area contributed by atoms with Gasteiger partial charge in [-0.15, -0.1) is 0 Å². The van der Waals surface area contributed by atoms with Crippen LogP contribution in [0.4, 0.5) is 0 Å². The lowest BCUT2D eigenvalue weighted by atomic mass is 10.2. The van der Waals surface area contributed by atoms with Crippen LogP contribution in [0.15, 0.2) is 40.8 Å². The number of hydrogen-bond acceptors (Lipinski definition) is 3. The maximum atomic E-state index is 12.0. The first-order valence-electron chi connectivity index (χ1n) is 5.58. The number of benzene rings is 1. The third-order valence-electron chi connectivity index (χ3n) is 2.45. The van der Waals surface area contributed by atoms with Crippen LogP contribution in [-0.2, 0) is 14.6 Å². The lowest BCUT2D eigenvalue weighted by molar-refractivity contribution is -0.132. The number of hydrogen-bond donors (Lipinski definition) is 1. The maximum Gasteiger partial charge on any atom is 0.332 e. The molecule has 0 bridgehead atoms. The fourth-order valence-electron chi connectivity index (χ4n) is 1.49. The Bertz CT molecular complexity index is 553. The van der Waals surface area contributed by atoms with Crippen LogP contribution in [0.25, 0.3) is 0 Å². The van der Waals surface area contributed by atoms with E-state index in [1.165, 1.54) is 18.2 Å². The van der Waals surface area contributed by atoms with E-state index in [4.69, 9.17) is 5.11 Å². The summed E-state index contributed by atoms with van der Waals surface area (Å²) in [5.74, 6) is -1.66. The van der Waals surface area contributed by atoms with E-state index < -0.39 is 21.6 Å². The summed E-state index contributed by atoms with van der Waals surface area (Å²) in [4.78, 5) is 11.1. The highest BCUT2D eigenvalue weighted by Crippen LogP contribution is 2.15. The number of carboxylic acid groups (broad SMARTS) is 1. The van der Waals surface area contributed by atoms with E-state index in [2.05, 4.69) is 0 Å². The zero-order valence-corrected chi connectivity index (χ0v) is 11.2. The second kappa shape index (κ2) is 5.82. The van der Waals surface area contributed by atoms with E-state index >= 15 is 0 Å². The molecule has 0 unspecified atom stereocenters. The highest BCUT2D eigenvalue weighted by molar-refractivity contribution is 7.91. The number of carbonyl (C=O) groups is 1. The zero-order valence-electron chi connectivity index (χ0n) is 10.4. The Morgan fingerprint density at radius 3 is 2.28 bits per heavy atom. The largest absolute Gasteiger partial charge is 0.478 e. The summed E-state index contributed by atoms with van der Waals surface area (Å²) >= 11 is 0. The van der Waals surface area contributed by atoms with Gasteiger partial charge in [-0.25, -0.2) is 13.2 Å². The molecule has 0 fully saturated rings. The third kappa shape index (κ3) is 3.70. The molecule has 0 amide bonds. The van der Waals surface area contributed by atoms with Crippen molar-refractivity contribution < 1.29 is 18.3 Å². The van der Waals surface area contributed by atoms with Crippen LogP contribution < -0.4 is 0 Å². The summed E-state index contributed by atoms with van der Waals surface area (Å²) in [5.41, 5.74) is 0.870. The Morgan fingerprint density at radius 1 is 1.28 bits per heavy atom. The van der Waals surface area contributed by atoms with Crippen molar-refractivity contribution in [3.63, 3.8) is 0 Å². The normalized spacial score (nSPS) is 12.4. The van der Waals surface area contributed by atoms with Gasteiger partial charge in [0.15, 0.2) is 9.84 Å². The van der Waals surface area contributed by atoms with Crippen LogP contribution in [-0.4, -0.2) is 25.2 Å². The number of sulfone groups is 1. The zero-order chi connectivity index (χ0) is 13.8. The molecular weight excluding hydrogens is 252 g/mol. The van der Waals surface area contributed by atoms with Crippen molar-refractivity contribution in [1.29, 1.82) is 0 Å². The first kappa shape index (κ1) is 14.4. The minimum atomic E-state index is -3.59. The monoisotopic (exact) mass is 268 g/mol. The SMILES string of the molecule is CCC=C(CS(=O)(=O)c1ccc(C)cc1)C(=O)O. The molecule has 98 valence electrons. The molecule has 0 aliphatic carbocycles. The molecule has 0 aliphatic rings. The number of aliphatic carboxylic acids is 1. The fourth-order valence-corrected chi connectivity index (χ4v) is 2.86. The quantitative estimate of drug-likeness (QED) is 0.831. The van der Waals surface area contributed by atoms with Crippen molar-refractivity contribution >= 4 is 15.8 Å². The summed E-state index contributed by atoms with van der Waals surface area (Å²) in [6, 6.07) is 6.37. The van der Waals surface area contributed by atoms with Crippen molar-refractivity contribution in [2.75, 3.05) is 5.75 Å². The Kier molecular flexibility index (Phi) is 4.67. The van der Waals surface area contributed by atoms with Gasteiger partial charge < -0.3 is 5.11 Å². The van der Waals surface area contributed by atoms with Crippen LogP contribution in [0.5, 0.6) is 0 Å². The maximum absolute atomic E-state index is 12.0. The van der Waals surface area contributed by atoms with Crippen molar-refractivity contribution in [3.05, 3.63) is 41.5 Å². The van der Waals surface area contributed by atoms with E-state index in [9.17, 15) is 13.2 Å². The second-order valence-corrected chi connectivity index (χ2v) is 6.00. The molecule has 0 atom stereocenters. The van der Waals surface area contributed by atoms with Crippen LogP contribution >= 0.6 is 0 Å². The molecule has 1 aromatic carbocycles. The predicted octanol–water partition coefficient (Wildman–Crippen LogP) is 2.19. The Balaban J connectivity index is 3.04. The summed E-state index contributed by atoms with van der Waals surface area (Å²) in [6.07, 6.45) is 1.92. The van der Waals surface area contributed by atoms with Gasteiger partial charge in [-0.1, -0.05) is 30.7 Å². The average molecular weight is 268 g/mol. The van der Waals surface area contributed by atoms with Crippen LogP contribution in [0.2, 0.25) is 0 Å². The molecule has 0 aliphatic heterocycles. The molecule has 0 saturated carbocycles. The standard InChI is InChI=1S/C13H16O4S/c1-3-4-11(13(14)15)9-18(16,17)12-7-5-10(2)6-8-12/h4-8H,3,9H2,1-2H3,(H,14,15). The molecule has 0 spiro atoms. The van der Waals surface area contributed by atoms with E-state index in [0.717, 1.165) is 5.56 Å². The van der Waals surface area contributed by atoms with Crippen molar-refractivity contribution in [2.45, 2.75) is 25.2 Å². The number of rotatable bonds is 5. The summed E-state index contributed by atoms with van der Waals surface area (Å²) in [5, 5.41) is 8.93. The number of aryl methyl sites for hydroxylation is 1. The highest BCUT2D eigenvalue weighted by Gasteiger charge is 2.20. The van der Waals surface area contributed by atoms with Gasteiger partial charge in [-0.3, -0.25) is 0 Å². The van der Waals surface area contributed by atoms with Gasteiger partial charge in [0.1, 0.15) is 0 Å². The second-order valence-electron chi connectivity index (χ2n) is 4.01. The molecular formula is C13H16O4S. The topological polar surface area (TPSA) is 71.4 Å². The first-order valence-corrected chi connectivity index (χ1v) is 7.24. The van der Waals surface area contributed by atoms with Crippen LogP contribution in [0, 0.1) is 6.92 Å². The van der Waals surface area contributed by atoms with E-state index in [1.54, 1.807) is 19.1 Å². The summed E-state index contributed by atoms with van der Waals surface area (Å²) < 4.78 is 24.1. The van der Waals surface area contributed by atoms with E-state index in [0.29, 0.717) is 6.42 Å². The van der Waals surface area contributed by atoms with E-state index in [-0.39, 0.29) is 10.5 Å². The van der Waals surface area contributed by atoms with Crippen molar-refractivity contribution in [3.8, 4) is 0 Å². The highest BCUT2D eigenvalue weighted by atomic mass is 32.2. The van der Waals surface area contributed by atoms with Gasteiger partial charge >= 0.3 is 5.97 Å². The molecule has 1 aromatic rings. The average Bonchev–Trinajstić information content (AvgIpc) is 2.28. The Labute approximate surface area is 107 Å². The molecule has 18 heavy (non-hydrogen) atoms.